The Labute approximate surface area is 599 Å². The van der Waals surface area contributed by atoms with Gasteiger partial charge in [-0.25, -0.2) is 4.79 Å². The number of hydrogen-bond donors (Lipinski definition) is 14. The van der Waals surface area contributed by atoms with E-state index in [2.05, 4.69) is 48.8 Å². The summed E-state index contributed by atoms with van der Waals surface area (Å²) in [5.41, 5.74) is 0. The van der Waals surface area contributed by atoms with Crippen LogP contribution in [-0.2, 0) is 42.8 Å². The van der Waals surface area contributed by atoms with Crippen LogP contribution in [-0.4, -0.2) is 215 Å². The topological polar surface area (TPSA) is 373 Å². The number of nitrogens with one attached hydrogen (secondary N) is 2. The van der Waals surface area contributed by atoms with E-state index in [-0.39, 0.29) is 12.3 Å². The molecule has 0 aromatic rings. The van der Waals surface area contributed by atoms with Gasteiger partial charge in [0.15, 0.2) is 12.6 Å². The molecule has 0 saturated carbocycles. The fraction of sp³-hybridized carbons (Fsp3) is 0.883. The van der Waals surface area contributed by atoms with Crippen molar-refractivity contribution in [3.8, 4) is 0 Å². The van der Waals surface area contributed by atoms with E-state index >= 15 is 0 Å². The van der Waals surface area contributed by atoms with Crippen LogP contribution in [0.25, 0.3) is 0 Å². The molecule has 3 aliphatic rings. The highest BCUT2D eigenvalue weighted by atomic mass is 16.8. The largest absolute Gasteiger partial charge is 0.477 e. The predicted molar refractivity (Wildman–Crippen MR) is 384 cm³/mol. The van der Waals surface area contributed by atoms with Crippen molar-refractivity contribution >= 4 is 17.8 Å². The molecule has 18 atom stereocenters. The minimum atomic E-state index is -3.08. The summed E-state index contributed by atoms with van der Waals surface area (Å²) in [6.45, 7) is 2.07. The summed E-state index contributed by atoms with van der Waals surface area (Å²) in [5.74, 6) is -6.14. The van der Waals surface area contributed by atoms with Crippen molar-refractivity contribution in [3.63, 3.8) is 0 Å². The molecule has 3 rings (SSSR count). The molecule has 18 unspecified atom stereocenters. The first-order valence-electron chi connectivity index (χ1n) is 39.4. The van der Waals surface area contributed by atoms with Gasteiger partial charge in [-0.05, 0) is 44.9 Å². The van der Waals surface area contributed by atoms with Crippen LogP contribution < -0.4 is 10.6 Å². The maximum atomic E-state index is 13.5. The van der Waals surface area contributed by atoms with Crippen LogP contribution in [0.5, 0.6) is 0 Å². The molecule has 100 heavy (non-hydrogen) atoms. The monoisotopic (exact) mass is 1430 g/mol. The van der Waals surface area contributed by atoms with Crippen LogP contribution in [0, 0.1) is 0 Å². The molecule has 0 aromatic carbocycles. The van der Waals surface area contributed by atoms with E-state index in [0.29, 0.717) is 12.8 Å². The van der Waals surface area contributed by atoms with Crippen molar-refractivity contribution in [3.05, 3.63) is 36.5 Å². The number of amides is 2. The average molecular weight is 1430 g/mol. The third-order valence-corrected chi connectivity index (χ3v) is 19.8. The zero-order valence-corrected chi connectivity index (χ0v) is 61.6. The second kappa shape index (κ2) is 56.3. The number of hydrogen-bond acceptors (Lipinski definition) is 20. The first-order valence-corrected chi connectivity index (χ1v) is 39.4. The van der Waals surface area contributed by atoms with E-state index < -0.39 is 155 Å². The third-order valence-electron chi connectivity index (χ3n) is 19.8. The highest BCUT2D eigenvalue weighted by Crippen LogP contribution is 2.39. The van der Waals surface area contributed by atoms with Crippen LogP contribution in [0.1, 0.15) is 297 Å². The lowest BCUT2D eigenvalue weighted by molar-refractivity contribution is -0.386. The molecule has 3 saturated heterocycles. The van der Waals surface area contributed by atoms with E-state index in [1.807, 2.05) is 6.08 Å². The first kappa shape index (κ1) is 91.2. The molecule has 3 aliphatic heterocycles. The standard InChI is InChI=1S/C77H140N2O21/c1-4-6-8-10-12-14-16-18-20-22-24-26-27-28-29-31-32-34-36-38-40-42-44-46-48-50-59(84)58(79-64(87)51-49-47-45-43-41-39-37-35-33-30-25-23-21-19-17-15-13-11-9-7-5-2)56-95-74-69(91)68(90)71(63(55-82)97-74)98-75-70(92)73(67(89)62(54-81)96-75)100-77(76(93)94)52-60(85)65(78-57(3)83)72(99-77)66(88)61(86)53-80/h7,9,13,15,48,50,58-63,65-75,80-82,84-86,88-92H,4-6,8,10-12,14,16-47,49,51-56H2,1-3H3,(H,78,83)(H,79,87)(H,93,94)/b9-7-,15-13-,50-48+. The quantitative estimate of drug-likeness (QED) is 0.0199. The molecular formula is C77H140N2O21. The van der Waals surface area contributed by atoms with Gasteiger partial charge in [0.25, 0.3) is 5.79 Å². The Bertz CT molecular complexity index is 2140. The van der Waals surface area contributed by atoms with Gasteiger partial charge < -0.3 is 100 Å². The van der Waals surface area contributed by atoms with Crippen LogP contribution in [0.15, 0.2) is 36.5 Å². The number of unbranched alkanes of at least 4 members (excludes halogenated alkanes) is 37. The summed E-state index contributed by atoms with van der Waals surface area (Å²) in [6, 6.07) is -2.62. The van der Waals surface area contributed by atoms with Crippen LogP contribution in [0.4, 0.5) is 0 Å². The summed E-state index contributed by atoms with van der Waals surface area (Å²) in [7, 11) is 0. The number of allylic oxidation sites excluding steroid dienone is 5. The molecule has 0 radical (unpaired) electrons. The van der Waals surface area contributed by atoms with Gasteiger partial charge in [-0.2, -0.15) is 0 Å². The van der Waals surface area contributed by atoms with E-state index in [9.17, 15) is 75.7 Å². The zero-order chi connectivity index (χ0) is 73.2. The number of carboxylic acid groups (broad SMARTS) is 1. The summed E-state index contributed by atoms with van der Waals surface area (Å²) in [5, 5.41) is 136. The molecular weight excluding hydrogens is 1290 g/mol. The molecule has 0 spiro atoms. The number of aliphatic hydroxyl groups is 11. The maximum absolute atomic E-state index is 13.5. The third kappa shape index (κ3) is 36.8. The smallest absolute Gasteiger partial charge is 0.364 e. The van der Waals surface area contributed by atoms with Gasteiger partial charge in [-0.3, -0.25) is 9.59 Å². The van der Waals surface area contributed by atoms with Gasteiger partial charge in [0, 0.05) is 19.8 Å². The molecule has 584 valence electrons. The molecule has 0 bridgehead atoms. The number of rotatable bonds is 61. The molecule has 3 heterocycles. The molecule has 23 heteroatoms. The van der Waals surface area contributed by atoms with Crippen molar-refractivity contribution in [2.24, 2.45) is 0 Å². The second-order valence-corrected chi connectivity index (χ2v) is 28.5. The normalized spacial score (nSPS) is 27.1. The molecule has 2 amide bonds. The van der Waals surface area contributed by atoms with E-state index in [0.717, 1.165) is 64.7 Å². The lowest BCUT2D eigenvalue weighted by Crippen LogP contribution is -2.70. The lowest BCUT2D eigenvalue weighted by atomic mass is 9.88. The zero-order valence-electron chi connectivity index (χ0n) is 61.6. The van der Waals surface area contributed by atoms with Gasteiger partial charge in [-0.1, -0.05) is 269 Å². The lowest BCUT2D eigenvalue weighted by Gasteiger charge is -2.50. The highest BCUT2D eigenvalue weighted by Gasteiger charge is 2.60. The van der Waals surface area contributed by atoms with Gasteiger partial charge in [-0.15, -0.1) is 0 Å². The number of carbonyl (C=O) groups excluding carboxylic acids is 2. The highest BCUT2D eigenvalue weighted by molar-refractivity contribution is 5.77. The Morgan fingerprint density at radius 1 is 0.540 bits per heavy atom. The number of carboxylic acids is 1. The Kier molecular flexibility index (Phi) is 51.3. The summed E-state index contributed by atoms with van der Waals surface area (Å²) >= 11 is 0. The molecule has 0 aromatic heterocycles. The maximum Gasteiger partial charge on any atom is 0.364 e. The van der Waals surface area contributed by atoms with Gasteiger partial charge in [0.1, 0.15) is 67.1 Å². The number of carbonyl (C=O) groups is 3. The molecule has 0 aliphatic carbocycles. The summed E-state index contributed by atoms with van der Waals surface area (Å²) in [6.07, 6.45) is 33.2. The number of ether oxygens (including phenoxy) is 6. The van der Waals surface area contributed by atoms with E-state index in [1.54, 1.807) is 6.08 Å². The summed E-state index contributed by atoms with van der Waals surface area (Å²) in [4.78, 5) is 38.7. The van der Waals surface area contributed by atoms with Crippen LogP contribution >= 0.6 is 0 Å². The first-order chi connectivity index (χ1) is 48.4. The van der Waals surface area contributed by atoms with Crippen molar-refractivity contribution in [1.29, 1.82) is 0 Å². The number of aliphatic hydroxyl groups excluding tert-OH is 11. The minimum absolute atomic E-state index is 0.200. The van der Waals surface area contributed by atoms with Crippen LogP contribution in [0.2, 0.25) is 0 Å². The molecule has 3 fully saturated rings. The van der Waals surface area contributed by atoms with Crippen LogP contribution in [0.3, 0.4) is 0 Å². The van der Waals surface area contributed by atoms with Crippen molar-refractivity contribution in [2.75, 3.05) is 26.4 Å². The molecule has 23 nitrogen and oxygen atoms in total. The predicted octanol–water partition coefficient (Wildman–Crippen LogP) is 9.74. The Morgan fingerprint density at radius 3 is 1.46 bits per heavy atom. The second-order valence-electron chi connectivity index (χ2n) is 28.5. The van der Waals surface area contributed by atoms with Gasteiger partial charge in [0.2, 0.25) is 11.8 Å². The molecule has 14 N–H and O–H groups in total. The Hall–Kier alpha value is -3.05. The fourth-order valence-electron chi connectivity index (χ4n) is 13.6. The Morgan fingerprint density at radius 2 is 1.00 bits per heavy atom. The van der Waals surface area contributed by atoms with E-state index in [4.69, 9.17) is 28.4 Å². The fourth-order valence-corrected chi connectivity index (χ4v) is 13.6. The van der Waals surface area contributed by atoms with Crippen molar-refractivity contribution < 1.29 is 104 Å². The summed E-state index contributed by atoms with van der Waals surface area (Å²) < 4.78 is 34.9. The Balaban J connectivity index is 1.54. The SMILES string of the molecule is CC/C=C\C/C=C\CCCCCCCCCCCCCCCCC(=O)NC(COC1OC(CO)C(OC2OC(CO)C(O)C(OC3(C(=O)O)CC(O)C(NC(C)=O)C(C(O)C(O)CO)O3)C2O)C(O)C1O)C(O)/C=C/CCCCCCCCCCCCCCCCCCCCCCCCC. The average Bonchev–Trinajstić information content (AvgIpc) is 0.756. The number of aliphatic carboxylic acids is 1. The van der Waals surface area contributed by atoms with Gasteiger partial charge >= 0.3 is 5.97 Å². The van der Waals surface area contributed by atoms with E-state index in [1.165, 1.54) is 193 Å². The van der Waals surface area contributed by atoms with Gasteiger partial charge in [0.05, 0.1) is 50.7 Å². The minimum Gasteiger partial charge on any atom is -0.477 e. The van der Waals surface area contributed by atoms with Crippen molar-refractivity contribution in [1.82, 2.24) is 10.6 Å². The van der Waals surface area contributed by atoms with Crippen molar-refractivity contribution in [2.45, 2.75) is 407 Å².